The first-order chi connectivity index (χ1) is 7.61. The van der Waals surface area contributed by atoms with E-state index in [1.807, 2.05) is 11.5 Å². The van der Waals surface area contributed by atoms with Crippen molar-refractivity contribution in [2.24, 2.45) is 0 Å². The second-order valence-corrected chi connectivity index (χ2v) is 4.53. The molecule has 0 fully saturated rings. The monoisotopic (exact) mass is 260 g/mol. The molecule has 0 aliphatic heterocycles. The highest BCUT2D eigenvalue weighted by Gasteiger charge is 2.10. The van der Waals surface area contributed by atoms with Crippen LogP contribution in [0.2, 0.25) is 5.15 Å². The highest BCUT2D eigenvalue weighted by molar-refractivity contribution is 7.71. The van der Waals surface area contributed by atoms with Gasteiger partial charge in [-0.2, -0.15) is 0 Å². The fourth-order valence-corrected chi connectivity index (χ4v) is 2.24. The number of aromatic nitrogens is 2. The number of halogens is 1. The molecule has 0 saturated heterocycles. The Kier molecular flexibility index (Phi) is 5.22. The van der Waals surface area contributed by atoms with Gasteiger partial charge in [0.1, 0.15) is 5.15 Å². The fourth-order valence-electron chi connectivity index (χ4n) is 1.57. The minimum atomic E-state index is -0.149. The minimum absolute atomic E-state index is 0.149. The average Bonchev–Trinajstić information content (AvgIpc) is 2.24. The first-order valence-electron chi connectivity index (χ1n) is 5.63. The zero-order valence-electron chi connectivity index (χ0n) is 9.68. The number of rotatable bonds is 5. The number of hydrogen-bond donors (Lipinski definition) is 1. The molecule has 1 aromatic heterocycles. The van der Waals surface area contributed by atoms with Crippen molar-refractivity contribution in [3.63, 3.8) is 0 Å². The van der Waals surface area contributed by atoms with E-state index in [-0.39, 0.29) is 5.56 Å². The SMILES string of the molecule is CCCCn1c(Cl)c(CCC)c(=O)[nH]c1=S. The normalized spacial score (nSPS) is 10.7. The van der Waals surface area contributed by atoms with Crippen LogP contribution < -0.4 is 5.56 Å². The smallest absolute Gasteiger partial charge is 0.256 e. The summed E-state index contributed by atoms with van der Waals surface area (Å²) in [4.78, 5) is 14.3. The van der Waals surface area contributed by atoms with E-state index in [9.17, 15) is 4.79 Å². The molecule has 0 unspecified atom stereocenters. The Hall–Kier alpha value is -0.610. The van der Waals surface area contributed by atoms with Gasteiger partial charge in [-0.25, -0.2) is 0 Å². The lowest BCUT2D eigenvalue weighted by atomic mass is 10.2. The van der Waals surface area contributed by atoms with Gasteiger partial charge in [0.25, 0.3) is 5.56 Å². The van der Waals surface area contributed by atoms with Crippen LogP contribution in [0.3, 0.4) is 0 Å². The van der Waals surface area contributed by atoms with E-state index in [0.29, 0.717) is 21.9 Å². The summed E-state index contributed by atoms with van der Waals surface area (Å²) in [5, 5.41) is 0.504. The fraction of sp³-hybridized carbons (Fsp3) is 0.636. The number of nitrogens with one attached hydrogen (secondary N) is 1. The van der Waals surface area contributed by atoms with E-state index < -0.39 is 0 Å². The van der Waals surface area contributed by atoms with Crippen molar-refractivity contribution in [1.29, 1.82) is 0 Å². The van der Waals surface area contributed by atoms with E-state index in [1.54, 1.807) is 0 Å². The summed E-state index contributed by atoms with van der Waals surface area (Å²) in [7, 11) is 0. The van der Waals surface area contributed by atoms with Gasteiger partial charge in [0.15, 0.2) is 4.77 Å². The van der Waals surface area contributed by atoms with Crippen LogP contribution in [-0.4, -0.2) is 9.55 Å². The molecule has 0 bridgehead atoms. The maximum absolute atomic E-state index is 11.7. The van der Waals surface area contributed by atoms with Crippen molar-refractivity contribution < 1.29 is 0 Å². The molecule has 0 aliphatic carbocycles. The zero-order valence-corrected chi connectivity index (χ0v) is 11.2. The van der Waals surface area contributed by atoms with Gasteiger partial charge in [0, 0.05) is 6.54 Å². The van der Waals surface area contributed by atoms with Crippen LogP contribution >= 0.6 is 23.8 Å². The molecule has 90 valence electrons. The maximum Gasteiger partial charge on any atom is 0.256 e. The predicted molar refractivity (Wildman–Crippen MR) is 69.8 cm³/mol. The Morgan fingerprint density at radius 2 is 2.06 bits per heavy atom. The molecule has 16 heavy (non-hydrogen) atoms. The van der Waals surface area contributed by atoms with Gasteiger partial charge in [0.05, 0.1) is 5.56 Å². The number of H-pyrrole nitrogens is 1. The van der Waals surface area contributed by atoms with Gasteiger partial charge >= 0.3 is 0 Å². The lowest BCUT2D eigenvalue weighted by molar-refractivity contribution is 0.604. The highest BCUT2D eigenvalue weighted by Crippen LogP contribution is 2.14. The summed E-state index contributed by atoms with van der Waals surface area (Å²) >= 11 is 11.3. The van der Waals surface area contributed by atoms with Crippen LogP contribution in [0.5, 0.6) is 0 Å². The Balaban J connectivity index is 3.22. The molecule has 0 aliphatic rings. The largest absolute Gasteiger partial charge is 0.309 e. The lowest BCUT2D eigenvalue weighted by Crippen LogP contribution is -2.20. The molecule has 0 amide bonds. The van der Waals surface area contributed by atoms with E-state index in [1.165, 1.54) is 0 Å². The third kappa shape index (κ3) is 2.95. The van der Waals surface area contributed by atoms with E-state index in [4.69, 9.17) is 23.8 Å². The number of nitrogens with zero attached hydrogens (tertiary/aromatic N) is 1. The highest BCUT2D eigenvalue weighted by atomic mass is 35.5. The maximum atomic E-state index is 11.7. The van der Waals surface area contributed by atoms with Gasteiger partial charge in [-0.15, -0.1) is 0 Å². The second-order valence-electron chi connectivity index (χ2n) is 3.78. The molecule has 0 aromatic carbocycles. The minimum Gasteiger partial charge on any atom is -0.309 e. The third-order valence-electron chi connectivity index (χ3n) is 2.46. The van der Waals surface area contributed by atoms with Crippen molar-refractivity contribution in [3.05, 3.63) is 25.8 Å². The van der Waals surface area contributed by atoms with Crippen LogP contribution in [0.1, 0.15) is 38.7 Å². The van der Waals surface area contributed by atoms with Crippen LogP contribution in [0, 0.1) is 4.77 Å². The zero-order chi connectivity index (χ0) is 12.1. The van der Waals surface area contributed by atoms with Gasteiger partial charge in [-0.05, 0) is 25.1 Å². The Bertz CT molecular complexity index is 464. The summed E-state index contributed by atoms with van der Waals surface area (Å²) in [5.74, 6) is 0. The van der Waals surface area contributed by atoms with Crippen LogP contribution in [-0.2, 0) is 13.0 Å². The first-order valence-corrected chi connectivity index (χ1v) is 6.41. The molecule has 1 heterocycles. The number of aromatic amines is 1. The van der Waals surface area contributed by atoms with Crippen molar-refractivity contribution >= 4 is 23.8 Å². The molecule has 5 heteroatoms. The van der Waals surface area contributed by atoms with Gasteiger partial charge < -0.3 is 4.57 Å². The van der Waals surface area contributed by atoms with Crippen LogP contribution in [0.4, 0.5) is 0 Å². The molecule has 3 nitrogen and oxygen atoms in total. The molecule has 0 radical (unpaired) electrons. The van der Waals surface area contributed by atoms with Crippen molar-refractivity contribution in [2.45, 2.75) is 46.1 Å². The number of unbranched alkanes of at least 4 members (excludes halogenated alkanes) is 1. The summed E-state index contributed by atoms with van der Waals surface area (Å²) in [5.41, 5.74) is 0.499. The van der Waals surface area contributed by atoms with Gasteiger partial charge in [-0.3, -0.25) is 9.78 Å². The number of hydrogen-bond acceptors (Lipinski definition) is 2. The first kappa shape index (κ1) is 13.5. The van der Waals surface area contributed by atoms with E-state index >= 15 is 0 Å². The Labute approximate surface area is 105 Å². The topological polar surface area (TPSA) is 37.8 Å². The standard InChI is InChI=1S/C11H17ClN2OS/c1-3-5-7-14-9(12)8(6-4-2)10(15)13-11(14)16/h3-7H2,1-2H3,(H,13,15,16). The molecule has 1 N–H and O–H groups in total. The van der Waals surface area contributed by atoms with Crippen LogP contribution in [0.25, 0.3) is 0 Å². The van der Waals surface area contributed by atoms with E-state index in [2.05, 4.69) is 11.9 Å². The molecular formula is C11H17ClN2OS. The Morgan fingerprint density at radius 1 is 1.38 bits per heavy atom. The summed E-state index contributed by atoms with van der Waals surface area (Å²) in [6, 6.07) is 0. The van der Waals surface area contributed by atoms with Crippen molar-refractivity contribution in [3.8, 4) is 0 Å². The average molecular weight is 261 g/mol. The molecule has 1 aromatic rings. The van der Waals surface area contributed by atoms with E-state index in [0.717, 1.165) is 25.8 Å². The molecule has 1 rings (SSSR count). The van der Waals surface area contributed by atoms with Crippen molar-refractivity contribution in [1.82, 2.24) is 9.55 Å². The molecule has 0 atom stereocenters. The van der Waals surface area contributed by atoms with Crippen molar-refractivity contribution in [2.75, 3.05) is 0 Å². The summed E-state index contributed by atoms with van der Waals surface area (Å²) in [6.07, 6.45) is 3.66. The summed E-state index contributed by atoms with van der Waals surface area (Å²) < 4.78 is 2.23. The Morgan fingerprint density at radius 3 is 2.62 bits per heavy atom. The quantitative estimate of drug-likeness (QED) is 0.652. The second kappa shape index (κ2) is 6.21. The molecular weight excluding hydrogens is 244 g/mol. The predicted octanol–water partition coefficient (Wildman–Crippen LogP) is 3.31. The van der Waals surface area contributed by atoms with Crippen LogP contribution in [0.15, 0.2) is 4.79 Å². The summed E-state index contributed by atoms with van der Waals surface area (Å²) in [6.45, 7) is 4.89. The molecule has 0 saturated carbocycles. The third-order valence-corrected chi connectivity index (χ3v) is 3.22. The van der Waals surface area contributed by atoms with Gasteiger partial charge in [-0.1, -0.05) is 38.3 Å². The molecule has 0 spiro atoms. The van der Waals surface area contributed by atoms with Gasteiger partial charge in [0.2, 0.25) is 0 Å². The lowest BCUT2D eigenvalue weighted by Gasteiger charge is -2.11.